The summed E-state index contributed by atoms with van der Waals surface area (Å²) in [7, 11) is 2.94. The molecule has 2 heterocycles. The maximum absolute atomic E-state index is 15.3. The normalized spacial score (nSPS) is 20.1. The van der Waals surface area contributed by atoms with Gasteiger partial charge in [-0.1, -0.05) is 120 Å². The van der Waals surface area contributed by atoms with Crippen LogP contribution in [0.3, 0.4) is 0 Å². The maximum Gasteiger partial charge on any atom is 0.410 e. The van der Waals surface area contributed by atoms with Crippen molar-refractivity contribution in [2.45, 2.75) is 233 Å². The maximum atomic E-state index is 15.3. The number of ether oxygens (including phenoxy) is 2. The molecular weight excluding hydrogens is 1190 g/mol. The molecule has 0 bridgehead atoms. The van der Waals surface area contributed by atoms with E-state index >= 15 is 9.59 Å². The van der Waals surface area contributed by atoms with E-state index in [-0.39, 0.29) is 55.7 Å². The van der Waals surface area contributed by atoms with E-state index in [1.165, 1.54) is 34.4 Å². The van der Waals surface area contributed by atoms with Gasteiger partial charge in [-0.25, -0.2) is 9.59 Å². The molecule has 5 N–H and O–H groups in total. The van der Waals surface area contributed by atoms with Crippen molar-refractivity contribution in [3.8, 4) is 0 Å². The van der Waals surface area contributed by atoms with Crippen LogP contribution in [0.15, 0.2) is 91.0 Å². The van der Waals surface area contributed by atoms with Crippen LogP contribution >= 0.6 is 0 Å². The van der Waals surface area contributed by atoms with Crippen LogP contribution in [0.2, 0.25) is 0 Å². The van der Waals surface area contributed by atoms with E-state index in [1.807, 2.05) is 102 Å². The van der Waals surface area contributed by atoms with Gasteiger partial charge in [0, 0.05) is 45.2 Å². The number of benzene rings is 4. The lowest BCUT2D eigenvalue weighted by atomic mass is 9.83. The summed E-state index contributed by atoms with van der Waals surface area (Å²) in [5.41, 5.74) is 5.34. The average Bonchev–Trinajstić information content (AvgIpc) is 1.02. The number of likely N-dealkylation sites (N-methyl/N-ethyl adjacent to an activating group) is 2. The third kappa shape index (κ3) is 17.7. The fourth-order valence-electron chi connectivity index (χ4n) is 12.9. The molecule has 0 saturated carbocycles. The predicted octanol–water partition coefficient (Wildman–Crippen LogP) is 9.38. The number of hydrogen-bond acceptors (Lipinski definition) is 11. The molecule has 8 rings (SSSR count). The number of fused-ring (bicyclic) bond motifs is 3. The van der Waals surface area contributed by atoms with Crippen molar-refractivity contribution in [1.29, 1.82) is 0 Å². The third-order valence-electron chi connectivity index (χ3n) is 18.6. The molecule has 0 unspecified atom stereocenters. The van der Waals surface area contributed by atoms with Gasteiger partial charge in [0.05, 0.1) is 12.1 Å². The van der Waals surface area contributed by atoms with Gasteiger partial charge >= 0.3 is 12.2 Å². The number of nitrogens with one attached hydrogen (secondary N) is 5. The molecule has 4 aromatic carbocycles. The Morgan fingerprint density at radius 2 is 0.979 bits per heavy atom. The number of carbonyl (C=O) groups excluding carboxylic acids is 9. The molecule has 20 nitrogen and oxygen atoms in total. The summed E-state index contributed by atoms with van der Waals surface area (Å²) in [6.07, 6.45) is 5.27. The summed E-state index contributed by atoms with van der Waals surface area (Å²) in [6.45, 7) is 24.7. The molecule has 9 atom stereocenters. The zero-order valence-electron chi connectivity index (χ0n) is 58.1. The molecule has 4 aliphatic rings. The fraction of sp³-hybridized carbons (Fsp3) is 0.554. The van der Waals surface area contributed by atoms with Crippen LogP contribution in [-0.4, -0.2) is 147 Å². The van der Waals surface area contributed by atoms with Crippen LogP contribution in [-0.2, 0) is 76.9 Å². The van der Waals surface area contributed by atoms with E-state index in [1.54, 1.807) is 72.4 Å². The van der Waals surface area contributed by atoms with Crippen LogP contribution in [0, 0.1) is 10.8 Å². The molecule has 2 aliphatic carbocycles. The van der Waals surface area contributed by atoms with E-state index in [0.29, 0.717) is 18.4 Å². The largest absolute Gasteiger partial charge is 0.444 e. The van der Waals surface area contributed by atoms with Crippen LogP contribution in [0.1, 0.15) is 196 Å². The van der Waals surface area contributed by atoms with Gasteiger partial charge in [0.25, 0.3) is 5.91 Å². The molecule has 1 saturated heterocycles. The van der Waals surface area contributed by atoms with Gasteiger partial charge in [0.2, 0.25) is 35.4 Å². The molecule has 1 fully saturated rings. The van der Waals surface area contributed by atoms with Crippen molar-refractivity contribution in [2.24, 2.45) is 10.8 Å². The Kier molecular flexibility index (Phi) is 22.2. The number of carbonyl (C=O) groups is 9. The number of hydrogen-bond donors (Lipinski definition) is 5. The standard InChI is InChI=1S/C74H101N9O11/c1-44(80(15)69(91)93-73(9,10)11)62(84)78-60(71(3,4)5)67(89)82-42-52-39-47(35-38-51(52)40-58(82)65(87)76-56-29-21-25-48-23-17-19-27-54(48)56)32-31-46-33-36-50(37-34-46)64(86)75-53-41-59(66(88)77-57-30-22-26-49-24-18-20-28-55(49)57)83(43-53)68(90)61(72(6,7)8)79-63(85)45(2)81(16)70(92)94-74(12,13)14/h17-20,23-24,27-28,33-39,44-45,53,56-61H,21-22,25-26,29-32,40-43H2,1-16H3,(H,75,86)(H,76,87)(H,77,88)(H,78,84)(H,79,85)/t44-,45-,53-,56+,57+,58-,59-,60+,61+/m0/s1. The molecule has 508 valence electrons. The Hall–Kier alpha value is -8.29. The van der Waals surface area contributed by atoms with Gasteiger partial charge in [-0.15, -0.1) is 0 Å². The minimum atomic E-state index is -1.12. The SMILES string of the molecule is C[C@@H](C(=O)N[C@H](C(=O)N1Cc2cc(CCc3ccc(C(=O)N[C@H]4C[C@@H](C(=O)N[C@@H]5CCCc6ccccc65)N(C(=O)[C@@H](NC(=O)[C@H](C)N(C)C(=O)OC(C)(C)C)C(C)(C)C)C4)cc3)ccc2C[C@H]1C(=O)N[C@@H]1CCCc2ccccc21)C(C)(C)C)N(C)C(=O)OC(C)(C)C. The first kappa shape index (κ1) is 71.6. The first-order valence-electron chi connectivity index (χ1n) is 33.4. The van der Waals surface area contributed by atoms with Crippen molar-refractivity contribution in [3.05, 3.63) is 141 Å². The van der Waals surface area contributed by atoms with E-state index in [2.05, 4.69) is 44.8 Å². The summed E-state index contributed by atoms with van der Waals surface area (Å²) in [5, 5.41) is 15.6. The van der Waals surface area contributed by atoms with E-state index < -0.39 is 100 Å². The Labute approximate surface area is 555 Å². The van der Waals surface area contributed by atoms with Crippen LogP contribution in [0.5, 0.6) is 0 Å². The van der Waals surface area contributed by atoms with Gasteiger partial charge in [0.1, 0.15) is 47.5 Å². The third-order valence-corrected chi connectivity index (χ3v) is 18.6. The molecule has 2 aliphatic heterocycles. The van der Waals surface area contributed by atoms with E-state index in [9.17, 15) is 33.6 Å². The quantitative estimate of drug-likeness (QED) is 0.0667. The van der Waals surface area contributed by atoms with Crippen LogP contribution in [0.25, 0.3) is 0 Å². The summed E-state index contributed by atoms with van der Waals surface area (Å²) in [6, 6.07) is 22.4. The minimum Gasteiger partial charge on any atom is -0.444 e. The monoisotopic (exact) mass is 1290 g/mol. The van der Waals surface area contributed by atoms with Crippen molar-refractivity contribution in [3.63, 3.8) is 0 Å². The smallest absolute Gasteiger partial charge is 0.410 e. The second-order valence-electron chi connectivity index (χ2n) is 30.4. The predicted molar refractivity (Wildman–Crippen MR) is 360 cm³/mol. The topological polar surface area (TPSA) is 245 Å². The molecule has 0 spiro atoms. The first-order chi connectivity index (χ1) is 44.0. The summed E-state index contributed by atoms with van der Waals surface area (Å²) in [4.78, 5) is 133. The second kappa shape index (κ2) is 29.1. The van der Waals surface area contributed by atoms with Crippen molar-refractivity contribution >= 4 is 53.5 Å². The van der Waals surface area contributed by atoms with Gasteiger partial charge < -0.3 is 45.9 Å². The number of aryl methyl sites for hydroxylation is 4. The zero-order chi connectivity index (χ0) is 68.9. The van der Waals surface area contributed by atoms with Gasteiger partial charge in [-0.2, -0.15) is 0 Å². The Morgan fingerprint density at radius 1 is 0.532 bits per heavy atom. The highest BCUT2D eigenvalue weighted by Gasteiger charge is 2.48. The molecule has 94 heavy (non-hydrogen) atoms. The Bertz CT molecular complexity index is 3470. The number of amides is 9. The summed E-state index contributed by atoms with van der Waals surface area (Å²) < 4.78 is 11.1. The van der Waals surface area contributed by atoms with Gasteiger partial charge in [-0.3, -0.25) is 43.4 Å². The van der Waals surface area contributed by atoms with E-state index in [0.717, 1.165) is 77.5 Å². The molecule has 20 heteroatoms. The lowest BCUT2D eigenvalue weighted by molar-refractivity contribution is -0.147. The second-order valence-corrected chi connectivity index (χ2v) is 30.4. The Morgan fingerprint density at radius 3 is 1.46 bits per heavy atom. The zero-order valence-corrected chi connectivity index (χ0v) is 58.1. The molecule has 0 aromatic heterocycles. The van der Waals surface area contributed by atoms with Crippen molar-refractivity contribution in [2.75, 3.05) is 20.6 Å². The molecule has 0 radical (unpaired) electrons. The molecule has 9 amide bonds. The minimum absolute atomic E-state index is 0.00391. The van der Waals surface area contributed by atoms with Crippen molar-refractivity contribution < 1.29 is 52.6 Å². The van der Waals surface area contributed by atoms with Gasteiger partial charge in [0.15, 0.2) is 0 Å². The van der Waals surface area contributed by atoms with Gasteiger partial charge in [-0.05, 0) is 181 Å². The average molecular weight is 1290 g/mol. The summed E-state index contributed by atoms with van der Waals surface area (Å²) in [5.74, 6) is -3.07. The first-order valence-corrected chi connectivity index (χ1v) is 33.4. The van der Waals surface area contributed by atoms with E-state index in [4.69, 9.17) is 9.47 Å². The van der Waals surface area contributed by atoms with Crippen LogP contribution in [0.4, 0.5) is 9.59 Å². The number of nitrogens with zero attached hydrogens (tertiary/aromatic N) is 4. The lowest BCUT2D eigenvalue weighted by Crippen LogP contribution is -2.62. The van der Waals surface area contributed by atoms with Crippen LogP contribution < -0.4 is 26.6 Å². The molecular formula is C74H101N9O11. The number of likely N-dealkylation sites (tertiary alicyclic amines) is 1. The summed E-state index contributed by atoms with van der Waals surface area (Å²) >= 11 is 0. The number of rotatable bonds is 17. The fourth-order valence-corrected chi connectivity index (χ4v) is 12.9. The lowest BCUT2D eigenvalue weighted by Gasteiger charge is -2.42. The van der Waals surface area contributed by atoms with Crippen molar-refractivity contribution in [1.82, 2.24) is 46.2 Å². The highest BCUT2D eigenvalue weighted by molar-refractivity contribution is 5.97. The Balaban J connectivity index is 0.971. The highest BCUT2D eigenvalue weighted by Crippen LogP contribution is 2.35. The highest BCUT2D eigenvalue weighted by atomic mass is 16.6. The molecule has 4 aromatic rings.